The average Bonchev–Trinajstić information content (AvgIpc) is 2.83. The van der Waals surface area contributed by atoms with E-state index in [1.165, 1.54) is 10.6 Å². The molecule has 204 valence electrons. The van der Waals surface area contributed by atoms with Crippen molar-refractivity contribution in [3.05, 3.63) is 64.7 Å². The summed E-state index contributed by atoms with van der Waals surface area (Å²) in [5.41, 5.74) is 4.52. The van der Waals surface area contributed by atoms with Gasteiger partial charge in [-0.15, -0.1) is 0 Å². The van der Waals surface area contributed by atoms with Crippen molar-refractivity contribution in [1.29, 1.82) is 0 Å². The lowest BCUT2D eigenvalue weighted by atomic mass is 10.1. The van der Waals surface area contributed by atoms with Gasteiger partial charge in [-0.2, -0.15) is 0 Å². The molecule has 0 radical (unpaired) electrons. The first-order valence-corrected chi connectivity index (χ1v) is 14.9. The van der Waals surface area contributed by atoms with E-state index in [9.17, 15) is 18.0 Å². The summed E-state index contributed by atoms with van der Waals surface area (Å²) in [7, 11) is -3.53. The molecule has 37 heavy (non-hydrogen) atoms. The Morgan fingerprint density at radius 2 is 1.57 bits per heavy atom. The second-order valence-electron chi connectivity index (χ2n) is 9.98. The van der Waals surface area contributed by atoms with E-state index >= 15 is 0 Å². The number of benzene rings is 2. The smallest absolute Gasteiger partial charge is 0.243 e. The van der Waals surface area contributed by atoms with Crippen molar-refractivity contribution in [3.63, 3.8) is 0 Å². The van der Waals surface area contributed by atoms with Crippen LogP contribution in [0.25, 0.3) is 0 Å². The Labute approximate surface area is 223 Å². The van der Waals surface area contributed by atoms with E-state index in [-0.39, 0.29) is 30.8 Å². The molecule has 0 aliphatic rings. The van der Waals surface area contributed by atoms with Crippen LogP contribution in [0.15, 0.2) is 42.5 Å². The van der Waals surface area contributed by atoms with E-state index in [1.54, 1.807) is 4.90 Å². The zero-order valence-electron chi connectivity index (χ0n) is 23.4. The molecule has 1 N–H and O–H groups in total. The second-order valence-corrected chi connectivity index (χ2v) is 11.9. The molecule has 2 atom stereocenters. The van der Waals surface area contributed by atoms with Gasteiger partial charge >= 0.3 is 0 Å². The van der Waals surface area contributed by atoms with Crippen molar-refractivity contribution in [2.45, 2.75) is 85.9 Å². The van der Waals surface area contributed by atoms with Crippen molar-refractivity contribution < 1.29 is 18.0 Å². The number of carbonyl (C=O) groups is 2. The molecule has 0 heterocycles. The first kappa shape index (κ1) is 30.4. The maximum Gasteiger partial charge on any atom is 0.243 e. The highest BCUT2D eigenvalue weighted by Crippen LogP contribution is 2.25. The van der Waals surface area contributed by atoms with Crippen LogP contribution in [0.1, 0.15) is 68.7 Å². The molecule has 0 fully saturated rings. The highest BCUT2D eigenvalue weighted by Gasteiger charge is 2.29. The monoisotopic (exact) mass is 529 g/mol. The molecular weight excluding hydrogens is 486 g/mol. The summed E-state index contributed by atoms with van der Waals surface area (Å²) in [5.74, 6) is -0.327. The van der Waals surface area contributed by atoms with Gasteiger partial charge in [-0.25, -0.2) is 8.42 Å². The number of sulfonamides is 1. The van der Waals surface area contributed by atoms with E-state index in [0.717, 1.165) is 28.7 Å². The lowest BCUT2D eigenvalue weighted by Gasteiger charge is -2.32. The molecule has 0 aliphatic heterocycles. The lowest BCUT2D eigenvalue weighted by Crippen LogP contribution is -2.50. The maximum atomic E-state index is 13.5. The van der Waals surface area contributed by atoms with Gasteiger partial charge in [-0.3, -0.25) is 13.9 Å². The molecule has 2 amide bonds. The molecule has 8 heteroatoms. The highest BCUT2D eigenvalue weighted by atomic mass is 32.2. The van der Waals surface area contributed by atoms with Crippen LogP contribution in [0, 0.1) is 20.8 Å². The van der Waals surface area contributed by atoms with Crippen LogP contribution in [-0.4, -0.2) is 50.0 Å². The van der Waals surface area contributed by atoms with Crippen molar-refractivity contribution in [2.24, 2.45) is 0 Å². The third kappa shape index (κ3) is 8.88. The lowest BCUT2D eigenvalue weighted by molar-refractivity contribution is -0.141. The van der Waals surface area contributed by atoms with E-state index in [1.807, 2.05) is 84.0 Å². The summed E-state index contributed by atoms with van der Waals surface area (Å²) < 4.78 is 26.6. The molecule has 2 aromatic rings. The molecule has 2 aromatic carbocycles. The van der Waals surface area contributed by atoms with Gasteiger partial charge < -0.3 is 10.2 Å². The van der Waals surface area contributed by atoms with Crippen LogP contribution in [0.5, 0.6) is 0 Å². The van der Waals surface area contributed by atoms with E-state index < -0.39 is 16.1 Å². The quantitative estimate of drug-likeness (QED) is 0.401. The summed E-state index contributed by atoms with van der Waals surface area (Å²) >= 11 is 0. The zero-order chi connectivity index (χ0) is 27.8. The summed E-state index contributed by atoms with van der Waals surface area (Å²) in [6.45, 7) is 12.2. The largest absolute Gasteiger partial charge is 0.352 e. The van der Waals surface area contributed by atoms with Crippen molar-refractivity contribution in [3.8, 4) is 0 Å². The third-order valence-electron chi connectivity index (χ3n) is 6.65. The number of hydrogen-bond acceptors (Lipinski definition) is 4. The Morgan fingerprint density at radius 3 is 2.14 bits per heavy atom. The van der Waals surface area contributed by atoms with Gasteiger partial charge in [0.2, 0.25) is 21.8 Å². The summed E-state index contributed by atoms with van der Waals surface area (Å²) in [6.07, 6.45) is 2.95. The van der Waals surface area contributed by atoms with Gasteiger partial charge in [0.15, 0.2) is 0 Å². The number of anilines is 1. The molecule has 0 saturated heterocycles. The predicted molar refractivity (Wildman–Crippen MR) is 151 cm³/mol. The third-order valence-corrected chi connectivity index (χ3v) is 7.83. The second kappa shape index (κ2) is 13.6. The topological polar surface area (TPSA) is 86.8 Å². The van der Waals surface area contributed by atoms with Crippen LogP contribution in [0.2, 0.25) is 0 Å². The molecule has 0 aliphatic carbocycles. The average molecular weight is 530 g/mol. The predicted octanol–water partition coefficient (Wildman–Crippen LogP) is 4.88. The number of nitrogens with zero attached hydrogens (tertiary/aromatic N) is 2. The standard InChI is InChI=1S/C29H43N3O4S/c1-8-24(6)30-29(34)26(9-2)31(20-25-16-13-21(3)14-17-25)28(33)11-10-18-32(37(7,35)36)27-19-22(4)12-15-23(27)5/h12-17,19,24,26H,8-11,18,20H2,1-7H3,(H,30,34)/t24-,26-/m0/s1. The Balaban J connectivity index is 2.25. The minimum Gasteiger partial charge on any atom is -0.352 e. The maximum absolute atomic E-state index is 13.5. The molecule has 2 rings (SSSR count). The molecule has 0 bridgehead atoms. The van der Waals surface area contributed by atoms with Gasteiger partial charge in [-0.05, 0) is 69.7 Å². The molecule has 0 unspecified atom stereocenters. The van der Waals surface area contributed by atoms with Crippen molar-refractivity contribution in [2.75, 3.05) is 17.1 Å². The fourth-order valence-electron chi connectivity index (χ4n) is 4.22. The number of amides is 2. The van der Waals surface area contributed by atoms with Crippen LogP contribution < -0.4 is 9.62 Å². The van der Waals surface area contributed by atoms with Crippen LogP contribution in [0.4, 0.5) is 5.69 Å². The van der Waals surface area contributed by atoms with Crippen LogP contribution in [0.3, 0.4) is 0 Å². The van der Waals surface area contributed by atoms with Gasteiger partial charge in [0, 0.05) is 25.6 Å². The van der Waals surface area contributed by atoms with Crippen molar-refractivity contribution in [1.82, 2.24) is 10.2 Å². The SMILES string of the molecule is CC[C@H](C)NC(=O)[C@H](CC)N(Cc1ccc(C)cc1)C(=O)CCCN(c1cc(C)ccc1C)S(C)(=O)=O. The molecule has 0 saturated carbocycles. The van der Waals surface area contributed by atoms with Gasteiger partial charge in [0.05, 0.1) is 11.9 Å². The summed E-state index contributed by atoms with van der Waals surface area (Å²) in [4.78, 5) is 28.3. The van der Waals surface area contributed by atoms with Gasteiger partial charge in [0.25, 0.3) is 0 Å². The van der Waals surface area contributed by atoms with Crippen LogP contribution >= 0.6 is 0 Å². The zero-order valence-corrected chi connectivity index (χ0v) is 24.2. The fourth-order valence-corrected chi connectivity index (χ4v) is 5.24. The number of nitrogens with one attached hydrogen (secondary N) is 1. The van der Waals surface area contributed by atoms with E-state index in [2.05, 4.69) is 5.32 Å². The van der Waals surface area contributed by atoms with E-state index in [4.69, 9.17) is 0 Å². The molecular formula is C29H43N3O4S. The number of carbonyl (C=O) groups excluding carboxylic acids is 2. The Bertz CT molecular complexity index is 1160. The Morgan fingerprint density at radius 1 is 0.946 bits per heavy atom. The molecule has 0 spiro atoms. The Hall–Kier alpha value is -2.87. The first-order chi connectivity index (χ1) is 17.4. The number of aryl methyl sites for hydroxylation is 3. The van der Waals surface area contributed by atoms with E-state index in [0.29, 0.717) is 25.1 Å². The van der Waals surface area contributed by atoms with Crippen molar-refractivity contribution >= 4 is 27.5 Å². The fraction of sp³-hybridized carbons (Fsp3) is 0.517. The molecule has 0 aromatic heterocycles. The minimum absolute atomic E-state index is 0.0127. The number of rotatable bonds is 13. The van der Waals surface area contributed by atoms with Gasteiger partial charge in [-0.1, -0.05) is 55.8 Å². The van der Waals surface area contributed by atoms with Crippen LogP contribution in [-0.2, 0) is 26.2 Å². The van der Waals surface area contributed by atoms with Gasteiger partial charge in [0.1, 0.15) is 6.04 Å². The summed E-state index contributed by atoms with van der Waals surface area (Å²) in [6, 6.07) is 13.0. The minimum atomic E-state index is -3.53. The normalized spacial score (nSPS) is 13.1. The first-order valence-electron chi connectivity index (χ1n) is 13.1. The molecule has 7 nitrogen and oxygen atoms in total. The number of hydrogen-bond donors (Lipinski definition) is 1. The summed E-state index contributed by atoms with van der Waals surface area (Å²) in [5, 5.41) is 3.02. The highest BCUT2D eigenvalue weighted by molar-refractivity contribution is 7.92. The Kier molecular flexibility index (Phi) is 11.2.